The van der Waals surface area contributed by atoms with Crippen molar-refractivity contribution < 1.29 is 88.6 Å². The fraction of sp³-hybridized carbons (Fsp3) is 0.895. The maximum Gasteiger partial charge on any atom is 0.466 e. The Bertz CT molecular complexity index is 869. The molecule has 2 rings (SSSR count). The Balaban J connectivity index is 0.000000982. The number of allylic oxidation sites excluding steroid dienone is 4. The molecule has 0 amide bonds. The molecule has 0 heterocycles. The molecule has 0 aliphatic heterocycles. The third kappa shape index (κ3) is 44.1. The summed E-state index contributed by atoms with van der Waals surface area (Å²) in [6, 6.07) is 0. The summed E-state index contributed by atoms with van der Waals surface area (Å²) in [4.78, 5) is 41.1. The van der Waals surface area contributed by atoms with Crippen molar-refractivity contribution in [3.63, 3.8) is 0 Å². The van der Waals surface area contributed by atoms with Crippen LogP contribution in [0, 0.1) is 0 Å². The van der Waals surface area contributed by atoms with Crippen LogP contribution in [0.1, 0.15) is 182 Å². The summed E-state index contributed by atoms with van der Waals surface area (Å²) in [6.07, 6.45) is 32.1. The maximum absolute atomic E-state index is 8.88. The molecule has 57 heavy (non-hydrogen) atoms. The molecule has 2 saturated carbocycles. The lowest BCUT2D eigenvalue weighted by Crippen LogP contribution is -2.17. The second-order valence-electron chi connectivity index (χ2n) is 13.7. The van der Waals surface area contributed by atoms with E-state index in [9.17, 15) is 0 Å². The smallest absolute Gasteiger partial charge is 0.466 e. The van der Waals surface area contributed by atoms with Crippen molar-refractivity contribution in [2.24, 2.45) is 0 Å². The second kappa shape index (κ2) is 42.8. The van der Waals surface area contributed by atoms with Crippen LogP contribution >= 0.6 is 7.82 Å². The first-order chi connectivity index (χ1) is 27.7. The van der Waals surface area contributed by atoms with Gasteiger partial charge in [-0.05, 0) is 105 Å². The first kappa shape index (κ1) is 55.7. The standard InChI is InChI=1S/2C19H36O7.H3O4P/c2*1-3-5-6-7-8-10-13-18(4-2)20-16-17-21-23-25-26-24-22-19-14-11-9-12-15-19;1-5(2,3)4/h2*4,19H,3,5-17H2,1-2H3;(H3,1,2,3,4). The molecule has 2 aliphatic carbocycles. The molecule has 0 bridgehead atoms. The van der Waals surface area contributed by atoms with Gasteiger partial charge in [-0.1, -0.05) is 117 Å². The van der Waals surface area contributed by atoms with E-state index in [-0.39, 0.29) is 25.4 Å². The number of hydrogen-bond acceptors (Lipinski definition) is 15. The number of phosphoric acid groups is 1. The predicted octanol–water partition coefficient (Wildman–Crippen LogP) is 10.4. The molecule has 0 saturated heterocycles. The Hall–Kier alpha value is -1.29. The minimum Gasteiger partial charge on any atom is -0.496 e. The Labute approximate surface area is 340 Å². The van der Waals surface area contributed by atoms with Gasteiger partial charge in [-0.2, -0.15) is 0 Å². The highest BCUT2D eigenvalue weighted by atomic mass is 31.2. The first-order valence-electron chi connectivity index (χ1n) is 21.0. The van der Waals surface area contributed by atoms with Crippen molar-refractivity contribution in [2.75, 3.05) is 26.4 Å². The molecule has 2 aliphatic rings. The van der Waals surface area contributed by atoms with Crippen LogP contribution in [0.4, 0.5) is 0 Å². The van der Waals surface area contributed by atoms with Crippen LogP contribution in [0.5, 0.6) is 0 Å². The summed E-state index contributed by atoms with van der Waals surface area (Å²) in [5.74, 6) is 1.95. The first-order valence-corrected chi connectivity index (χ1v) is 22.5. The van der Waals surface area contributed by atoms with E-state index in [0.29, 0.717) is 13.2 Å². The van der Waals surface area contributed by atoms with E-state index in [1.54, 1.807) is 0 Å². The molecule has 0 aromatic heterocycles. The van der Waals surface area contributed by atoms with Gasteiger partial charge < -0.3 is 24.2 Å². The van der Waals surface area contributed by atoms with Crippen molar-refractivity contribution >= 4 is 7.82 Å². The van der Waals surface area contributed by atoms with Crippen LogP contribution in [0.25, 0.3) is 0 Å². The highest BCUT2D eigenvalue weighted by Crippen LogP contribution is 2.26. The van der Waals surface area contributed by atoms with Crippen LogP contribution in [0.2, 0.25) is 0 Å². The largest absolute Gasteiger partial charge is 0.496 e. The zero-order chi connectivity index (χ0) is 41.9. The Morgan fingerprint density at radius 3 is 1.18 bits per heavy atom. The minimum absolute atomic E-state index is 0.0487. The van der Waals surface area contributed by atoms with E-state index >= 15 is 0 Å². The highest BCUT2D eigenvalue weighted by molar-refractivity contribution is 7.45. The van der Waals surface area contributed by atoms with E-state index in [4.69, 9.17) is 48.3 Å². The van der Waals surface area contributed by atoms with Gasteiger partial charge in [0, 0.05) is 12.8 Å². The molecule has 18 nitrogen and oxygen atoms in total. The molecule has 0 atom stereocenters. The zero-order valence-corrected chi connectivity index (χ0v) is 35.9. The average molecular weight is 851 g/mol. The molecule has 3 N–H and O–H groups in total. The maximum atomic E-state index is 8.88. The lowest BCUT2D eigenvalue weighted by molar-refractivity contribution is -0.760. The van der Waals surface area contributed by atoms with Crippen LogP contribution in [-0.2, 0) is 73.9 Å². The van der Waals surface area contributed by atoms with E-state index in [1.807, 2.05) is 26.0 Å². The quantitative estimate of drug-likeness (QED) is 0.0181. The summed E-state index contributed by atoms with van der Waals surface area (Å²) in [5, 5.41) is 34.6. The van der Waals surface area contributed by atoms with Gasteiger partial charge in [0.05, 0.1) is 23.7 Å². The summed E-state index contributed by atoms with van der Waals surface area (Å²) in [7, 11) is -4.64. The molecule has 0 unspecified atom stereocenters. The number of rotatable bonds is 34. The molecular weight excluding hydrogens is 775 g/mol. The number of ether oxygens (including phenoxy) is 2. The van der Waals surface area contributed by atoms with Crippen molar-refractivity contribution in [1.29, 1.82) is 0 Å². The Morgan fingerprint density at radius 1 is 0.491 bits per heavy atom. The number of unbranched alkanes of at least 4 members (excludes halogenated alkanes) is 10. The predicted molar refractivity (Wildman–Crippen MR) is 206 cm³/mol. The zero-order valence-electron chi connectivity index (χ0n) is 35.0. The molecular formula is C38H75O18P. The summed E-state index contributed by atoms with van der Waals surface area (Å²) in [6.45, 7) is 9.58. The Morgan fingerprint density at radius 2 is 0.825 bits per heavy atom. The van der Waals surface area contributed by atoms with Crippen LogP contribution < -0.4 is 0 Å². The summed E-state index contributed by atoms with van der Waals surface area (Å²) >= 11 is 0. The fourth-order valence-electron chi connectivity index (χ4n) is 5.79. The van der Waals surface area contributed by atoms with Crippen molar-refractivity contribution in [1.82, 2.24) is 0 Å². The third-order valence-electron chi connectivity index (χ3n) is 8.82. The monoisotopic (exact) mass is 850 g/mol. The molecule has 0 aromatic carbocycles. The van der Waals surface area contributed by atoms with Gasteiger partial charge in [0.25, 0.3) is 0 Å². The normalized spacial score (nSPS) is 15.8. The van der Waals surface area contributed by atoms with Gasteiger partial charge in [0.2, 0.25) is 0 Å². The summed E-state index contributed by atoms with van der Waals surface area (Å²) < 4.78 is 20.1. The van der Waals surface area contributed by atoms with Crippen LogP contribution in [-0.4, -0.2) is 53.3 Å². The van der Waals surface area contributed by atoms with E-state index in [1.165, 1.54) is 77.0 Å². The van der Waals surface area contributed by atoms with Crippen molar-refractivity contribution in [3.8, 4) is 0 Å². The molecule has 0 spiro atoms. The van der Waals surface area contributed by atoms with E-state index in [0.717, 1.165) is 88.6 Å². The minimum atomic E-state index is -4.64. The lowest BCUT2D eigenvalue weighted by Gasteiger charge is -2.18. The van der Waals surface area contributed by atoms with Gasteiger partial charge in [-0.25, -0.2) is 24.1 Å². The van der Waals surface area contributed by atoms with Gasteiger partial charge in [0.15, 0.2) is 0 Å². The molecule has 19 heteroatoms. The lowest BCUT2D eigenvalue weighted by atomic mass is 9.98. The van der Waals surface area contributed by atoms with Gasteiger partial charge in [-0.3, -0.25) is 0 Å². The topological polar surface area (TPSA) is 207 Å². The third-order valence-corrected chi connectivity index (χ3v) is 8.82. The van der Waals surface area contributed by atoms with E-state index < -0.39 is 7.82 Å². The average Bonchev–Trinajstić information content (AvgIpc) is 3.21. The Kier molecular flexibility index (Phi) is 41.9. The number of hydrogen-bond donors (Lipinski definition) is 3. The van der Waals surface area contributed by atoms with Crippen LogP contribution in [0.3, 0.4) is 0 Å². The molecule has 340 valence electrons. The van der Waals surface area contributed by atoms with Gasteiger partial charge in [0.1, 0.15) is 26.4 Å². The van der Waals surface area contributed by atoms with Gasteiger partial charge in [-0.15, -0.1) is 0 Å². The van der Waals surface area contributed by atoms with E-state index in [2.05, 4.69) is 54.2 Å². The van der Waals surface area contributed by atoms with Crippen molar-refractivity contribution in [2.45, 2.75) is 194 Å². The van der Waals surface area contributed by atoms with Crippen LogP contribution in [0.15, 0.2) is 23.7 Å². The molecule has 0 aromatic rings. The fourth-order valence-corrected chi connectivity index (χ4v) is 5.79. The SMILES string of the molecule is CC=C(CCCCCCCC)OCCOOOOOOC1CCCCC1.CC=C(CCCCCCCC)OCCOOOOOOC1CCCCC1.O=P(O)(O)O. The molecule has 0 radical (unpaired) electrons. The highest BCUT2D eigenvalue weighted by Gasteiger charge is 2.16. The van der Waals surface area contributed by atoms with Crippen molar-refractivity contribution in [3.05, 3.63) is 23.7 Å². The summed E-state index contributed by atoms with van der Waals surface area (Å²) in [5.41, 5.74) is 0. The van der Waals surface area contributed by atoms with Gasteiger partial charge >= 0.3 is 7.82 Å². The second-order valence-corrected chi connectivity index (χ2v) is 14.7. The molecule has 2 fully saturated rings.